The number of hydrogen-bond donors (Lipinski definition) is 3. The van der Waals surface area contributed by atoms with Gasteiger partial charge in [-0.15, -0.1) is 0 Å². The number of nitrogens with one attached hydrogen (secondary N) is 2. The number of nitrogens with zero attached hydrogens (tertiary/aromatic N) is 1. The van der Waals surface area contributed by atoms with Gasteiger partial charge >= 0.3 is 0 Å². The first-order valence-electron chi connectivity index (χ1n) is 11.4. The highest BCUT2D eigenvalue weighted by Crippen LogP contribution is 2.42. The van der Waals surface area contributed by atoms with Crippen LogP contribution in [-0.4, -0.2) is 34.0 Å². The number of H-pyrrole nitrogens is 1. The molecule has 0 spiro atoms. The summed E-state index contributed by atoms with van der Waals surface area (Å²) >= 11 is 0. The zero-order chi connectivity index (χ0) is 24.1. The average Bonchev–Trinajstić information content (AvgIpc) is 3.48. The van der Waals surface area contributed by atoms with Gasteiger partial charge in [0.05, 0.1) is 0 Å². The highest BCUT2D eigenvalue weighted by atomic mass is 16.2. The van der Waals surface area contributed by atoms with Gasteiger partial charge in [0, 0.05) is 57.6 Å². The Morgan fingerprint density at radius 1 is 1.00 bits per heavy atom. The SMILES string of the molecule is Nc1ccc(C(=O)Nc2ccc3[nH]c(C(=O)N4CCC5C4=CC(=O)c4ccccc45)cc3c2)cc1. The molecule has 0 bridgehead atoms. The Labute approximate surface area is 201 Å². The number of ketones is 1. The summed E-state index contributed by atoms with van der Waals surface area (Å²) < 4.78 is 0. The van der Waals surface area contributed by atoms with Crippen LogP contribution in [0.15, 0.2) is 84.6 Å². The lowest BCUT2D eigenvalue weighted by atomic mass is 9.85. The number of rotatable bonds is 3. The van der Waals surface area contributed by atoms with E-state index < -0.39 is 0 Å². The summed E-state index contributed by atoms with van der Waals surface area (Å²) in [5.74, 6) is -0.430. The number of anilines is 2. The van der Waals surface area contributed by atoms with E-state index in [1.165, 1.54) is 0 Å². The zero-order valence-corrected chi connectivity index (χ0v) is 18.7. The molecule has 7 heteroatoms. The van der Waals surface area contributed by atoms with E-state index in [9.17, 15) is 14.4 Å². The van der Waals surface area contributed by atoms with Gasteiger partial charge in [0.2, 0.25) is 0 Å². The smallest absolute Gasteiger partial charge is 0.274 e. The van der Waals surface area contributed by atoms with Gasteiger partial charge in [-0.3, -0.25) is 14.4 Å². The summed E-state index contributed by atoms with van der Waals surface area (Å²) in [6, 6.07) is 21.5. The standard InChI is InChI=1S/C28H22N4O3/c29-18-7-5-16(6-8-18)27(34)30-19-9-10-23-17(13-19)14-24(31-23)28(35)32-12-11-21-20-3-1-2-4-22(20)26(33)15-25(21)32/h1-10,13-15,21,31H,11-12,29H2,(H,30,34). The van der Waals surface area contributed by atoms with Crippen LogP contribution in [0.1, 0.15) is 49.1 Å². The molecule has 0 saturated carbocycles. The van der Waals surface area contributed by atoms with Gasteiger partial charge in [-0.2, -0.15) is 0 Å². The van der Waals surface area contributed by atoms with Crippen molar-refractivity contribution in [2.75, 3.05) is 17.6 Å². The summed E-state index contributed by atoms with van der Waals surface area (Å²) in [4.78, 5) is 43.5. The van der Waals surface area contributed by atoms with Crippen LogP contribution in [0.3, 0.4) is 0 Å². The summed E-state index contributed by atoms with van der Waals surface area (Å²) in [5, 5.41) is 3.68. The molecule has 2 aliphatic rings. The second-order valence-electron chi connectivity index (χ2n) is 8.88. The molecule has 1 aliphatic heterocycles. The number of nitrogen functional groups attached to an aromatic ring is 1. The molecule has 7 nitrogen and oxygen atoms in total. The van der Waals surface area contributed by atoms with Crippen molar-refractivity contribution in [3.63, 3.8) is 0 Å². The molecule has 2 heterocycles. The monoisotopic (exact) mass is 462 g/mol. The van der Waals surface area contributed by atoms with Crippen LogP contribution >= 0.6 is 0 Å². The second kappa shape index (κ2) is 7.99. The number of carbonyl (C=O) groups excluding carboxylic acids is 3. The highest BCUT2D eigenvalue weighted by molar-refractivity contribution is 6.09. The van der Waals surface area contributed by atoms with Gasteiger partial charge in [-0.25, -0.2) is 0 Å². The van der Waals surface area contributed by atoms with Crippen LogP contribution in [0.25, 0.3) is 10.9 Å². The van der Waals surface area contributed by atoms with Crippen LogP contribution in [0.5, 0.6) is 0 Å². The van der Waals surface area contributed by atoms with E-state index in [0.29, 0.717) is 29.2 Å². The maximum absolute atomic E-state index is 13.4. The number of aromatic nitrogens is 1. The Morgan fingerprint density at radius 3 is 2.63 bits per heavy atom. The van der Waals surface area contributed by atoms with Crippen LogP contribution in [0.2, 0.25) is 0 Å². The summed E-state index contributed by atoms with van der Waals surface area (Å²) in [7, 11) is 0. The second-order valence-corrected chi connectivity index (χ2v) is 8.88. The lowest BCUT2D eigenvalue weighted by Gasteiger charge is -2.24. The highest BCUT2D eigenvalue weighted by Gasteiger charge is 2.38. The topological polar surface area (TPSA) is 108 Å². The van der Waals surface area contributed by atoms with Crippen molar-refractivity contribution in [2.45, 2.75) is 12.3 Å². The molecule has 172 valence electrons. The first-order chi connectivity index (χ1) is 17.0. The van der Waals surface area contributed by atoms with Crippen molar-refractivity contribution >= 4 is 39.9 Å². The molecule has 35 heavy (non-hydrogen) atoms. The number of benzene rings is 3. The third kappa shape index (κ3) is 3.58. The molecule has 1 atom stereocenters. The van der Waals surface area contributed by atoms with Crippen LogP contribution in [0, 0.1) is 0 Å². The lowest BCUT2D eigenvalue weighted by Crippen LogP contribution is -2.29. The first kappa shape index (κ1) is 20.9. The van der Waals surface area contributed by atoms with E-state index in [4.69, 9.17) is 5.73 Å². The largest absolute Gasteiger partial charge is 0.399 e. The molecule has 1 unspecified atom stereocenters. The minimum atomic E-state index is -0.242. The van der Waals surface area contributed by atoms with Gasteiger partial charge in [0.1, 0.15) is 5.69 Å². The Morgan fingerprint density at radius 2 is 1.80 bits per heavy atom. The van der Waals surface area contributed by atoms with E-state index in [-0.39, 0.29) is 23.5 Å². The molecule has 4 N–H and O–H groups in total. The van der Waals surface area contributed by atoms with Crippen molar-refractivity contribution < 1.29 is 14.4 Å². The van der Waals surface area contributed by atoms with E-state index in [0.717, 1.165) is 34.1 Å². The molecule has 1 fully saturated rings. The Hall–Kier alpha value is -4.65. The molecule has 0 radical (unpaired) electrons. The maximum Gasteiger partial charge on any atom is 0.274 e. The van der Waals surface area contributed by atoms with E-state index in [1.807, 2.05) is 36.4 Å². The van der Waals surface area contributed by atoms with Gasteiger partial charge in [-0.05, 0) is 60.5 Å². The predicted molar refractivity (Wildman–Crippen MR) is 134 cm³/mol. The van der Waals surface area contributed by atoms with Crippen molar-refractivity contribution in [3.8, 4) is 0 Å². The van der Waals surface area contributed by atoms with Gasteiger partial charge in [0.15, 0.2) is 5.78 Å². The zero-order valence-electron chi connectivity index (χ0n) is 18.7. The summed E-state index contributed by atoms with van der Waals surface area (Å²) in [6.45, 7) is 0.551. The van der Waals surface area contributed by atoms with Gasteiger partial charge in [-0.1, -0.05) is 24.3 Å². The van der Waals surface area contributed by atoms with E-state index >= 15 is 0 Å². The number of nitrogens with two attached hydrogens (primary N) is 1. The number of hydrogen-bond acceptors (Lipinski definition) is 4. The quantitative estimate of drug-likeness (QED) is 0.383. The lowest BCUT2D eigenvalue weighted by molar-refractivity contribution is 0.0818. The minimum absolute atomic E-state index is 0.0485. The molecule has 1 aliphatic carbocycles. The molecule has 6 rings (SSSR count). The number of aromatic amines is 1. The number of allylic oxidation sites excluding steroid dienone is 2. The van der Waals surface area contributed by atoms with Crippen LogP contribution in [0.4, 0.5) is 11.4 Å². The number of amides is 2. The van der Waals surface area contributed by atoms with Gasteiger partial charge in [0.25, 0.3) is 11.8 Å². The van der Waals surface area contributed by atoms with Crippen LogP contribution in [-0.2, 0) is 0 Å². The molecule has 1 saturated heterocycles. The van der Waals surface area contributed by atoms with Crippen LogP contribution < -0.4 is 11.1 Å². The van der Waals surface area contributed by atoms with Gasteiger partial charge < -0.3 is 20.9 Å². The number of likely N-dealkylation sites (tertiary alicyclic amines) is 1. The third-order valence-electron chi connectivity index (χ3n) is 6.72. The normalized spacial score (nSPS) is 16.6. The average molecular weight is 463 g/mol. The molecule has 1 aromatic heterocycles. The first-order valence-corrected chi connectivity index (χ1v) is 11.4. The predicted octanol–water partition coefficient (Wildman–Crippen LogP) is 4.71. The van der Waals surface area contributed by atoms with Crippen molar-refractivity contribution in [1.82, 2.24) is 9.88 Å². The molecule has 3 aromatic carbocycles. The fraction of sp³-hybridized carbons (Fsp3) is 0.107. The number of carbonyl (C=O) groups is 3. The van der Waals surface area contributed by atoms with E-state index in [1.54, 1.807) is 47.4 Å². The Bertz CT molecular complexity index is 1550. The Balaban J connectivity index is 1.25. The Kier molecular flexibility index (Phi) is 4.77. The summed E-state index contributed by atoms with van der Waals surface area (Å²) in [6.07, 6.45) is 2.38. The molecule has 2 amide bonds. The minimum Gasteiger partial charge on any atom is -0.399 e. The number of fused-ring (bicyclic) bond motifs is 4. The maximum atomic E-state index is 13.4. The van der Waals surface area contributed by atoms with Crippen molar-refractivity contribution in [1.29, 1.82) is 0 Å². The fourth-order valence-electron chi connectivity index (χ4n) is 4.98. The molecule has 4 aromatic rings. The summed E-state index contributed by atoms with van der Waals surface area (Å²) in [5.41, 5.74) is 11.1. The molecular weight excluding hydrogens is 440 g/mol. The van der Waals surface area contributed by atoms with E-state index in [2.05, 4.69) is 10.3 Å². The third-order valence-corrected chi connectivity index (χ3v) is 6.72. The molecular formula is C28H22N4O3. The fourth-order valence-corrected chi connectivity index (χ4v) is 4.98. The van der Waals surface area contributed by atoms with Crippen molar-refractivity contribution in [2.24, 2.45) is 0 Å². The van der Waals surface area contributed by atoms with Crippen molar-refractivity contribution in [3.05, 3.63) is 107 Å².